The van der Waals surface area contributed by atoms with Crippen molar-refractivity contribution >= 4 is 36.6 Å². The van der Waals surface area contributed by atoms with Crippen LogP contribution in [-0.2, 0) is 27.3 Å². The molecule has 0 saturated carbocycles. The molecule has 0 amide bonds. The van der Waals surface area contributed by atoms with Gasteiger partial charge in [-0.2, -0.15) is 0 Å². The monoisotopic (exact) mass is 458 g/mol. The van der Waals surface area contributed by atoms with Crippen LogP contribution in [0.5, 0.6) is 0 Å². The minimum Gasteiger partial charge on any atom is 0 e. The molecule has 0 fully saturated rings. The van der Waals surface area contributed by atoms with E-state index in [0.717, 1.165) is 0 Å². The van der Waals surface area contributed by atoms with Crippen LogP contribution in [0.1, 0.15) is 0 Å². The molecule has 46 valence electrons. The first-order chi connectivity index (χ1) is 2.00. The predicted octanol–water partition coefficient (Wildman–Crippen LogP) is -3.19. The van der Waals surface area contributed by atoms with Gasteiger partial charge in [0.15, 0.2) is 0 Å². The fraction of sp³-hybridized carbons (Fsp3) is 0. The van der Waals surface area contributed by atoms with Crippen molar-refractivity contribution in [3.05, 3.63) is 0 Å². The van der Waals surface area contributed by atoms with E-state index in [2.05, 4.69) is 0 Å². The number of hydrogen-bond donors (Lipinski definition) is 2. The second-order valence-electron chi connectivity index (χ2n) is 0.448. The van der Waals surface area contributed by atoms with Crippen LogP contribution in [0.2, 0.25) is 0 Å². The van der Waals surface area contributed by atoms with Crippen LogP contribution in [0.3, 0.4) is 0 Å². The fourth-order valence-corrected chi connectivity index (χ4v) is 0. The zero-order valence-corrected chi connectivity index (χ0v) is 7.79. The summed E-state index contributed by atoms with van der Waals surface area (Å²) < 4.78 is 32.0. The molecule has 0 spiro atoms. The Balaban J connectivity index is -0.0000000800. The summed E-state index contributed by atoms with van der Waals surface area (Å²) in [5, 5.41) is 0. The summed E-state index contributed by atoms with van der Waals surface area (Å²) in [6.45, 7) is 0. The smallest absolute Gasteiger partial charge is 0 e. The van der Waals surface area contributed by atoms with E-state index in [-0.39, 0.29) is 38.7 Å². The van der Waals surface area contributed by atoms with Crippen LogP contribution in [0.4, 0.5) is 0 Å². The Hall–Kier alpha value is 1.54. The van der Waals surface area contributed by atoms with Crippen molar-refractivity contribution in [3.63, 3.8) is 0 Å². The molecule has 0 atom stereocenters. The summed E-state index contributed by atoms with van der Waals surface area (Å²) in [4.78, 5) is 0. The molecule has 0 unspecified atom stereocenters. The molecule has 4 nitrogen and oxygen atoms in total. The van der Waals surface area contributed by atoms with Gasteiger partial charge < -0.3 is 0 Å². The van der Waals surface area contributed by atoms with Crippen LogP contribution in [0.15, 0.2) is 0 Å². The minimum absolute atomic E-state index is 0. The first-order valence-electron chi connectivity index (χ1n) is 0.698. The normalized spacial score (nSPS) is 8.29. The van der Waals surface area contributed by atoms with E-state index in [1.165, 1.54) is 0 Å². The summed E-state index contributed by atoms with van der Waals surface area (Å²) in [6, 6.07) is 0. The summed E-state index contributed by atoms with van der Waals surface area (Å²) in [7, 11) is 0. The zero-order valence-electron chi connectivity index (χ0n) is 2.53. The third-order valence-electron chi connectivity index (χ3n) is 0. The Morgan fingerprint density at radius 2 is 1.14 bits per heavy atom. The van der Waals surface area contributed by atoms with Gasteiger partial charge in [0.1, 0.15) is 0 Å². The first-order valence-corrected chi connectivity index (χ1v) is 4.69. The molecule has 0 heterocycles. The van der Waals surface area contributed by atoms with Crippen LogP contribution < -0.4 is 0 Å². The van der Waals surface area contributed by atoms with Crippen LogP contribution in [0, 0.1) is 0 Å². The molecule has 0 aromatic carbocycles. The molecule has 0 bridgehead atoms. The Bertz CT molecular complexity index is 94.9. The van der Waals surface area contributed by atoms with Crippen molar-refractivity contribution in [1.29, 1.82) is 0 Å². The van der Waals surface area contributed by atoms with Crippen molar-refractivity contribution in [1.82, 2.24) is 0 Å². The third-order valence-corrected chi connectivity index (χ3v) is 0. The summed E-state index contributed by atoms with van der Waals surface area (Å²) >= 11 is -5.52. The predicted molar refractivity (Wildman–Crippen MR) is 22.9 cm³/mol. The van der Waals surface area contributed by atoms with Gasteiger partial charge in [-0.1, -0.05) is 0 Å². The van der Waals surface area contributed by atoms with Gasteiger partial charge in [-0.15, -0.1) is 0 Å². The average molecular weight is 454 g/mol. The Morgan fingerprint density at radius 1 is 1.14 bits per heavy atom. The first kappa shape index (κ1) is 15.8. The maximum Gasteiger partial charge on any atom is 0 e. The van der Waals surface area contributed by atoms with Crippen molar-refractivity contribution in [2.75, 3.05) is 0 Å². The van der Waals surface area contributed by atoms with Gasteiger partial charge in [0.2, 0.25) is 0 Å². The minimum atomic E-state index is -5.52. The molecule has 0 aliphatic rings. The van der Waals surface area contributed by atoms with E-state index < -0.39 is 19.0 Å². The SMILES string of the molecule is O=[Te](=O)(O)O.[GeH4].[W]. The van der Waals surface area contributed by atoms with Gasteiger partial charge in [-0.05, 0) is 0 Å². The van der Waals surface area contributed by atoms with Crippen molar-refractivity contribution in [2.24, 2.45) is 0 Å². The maximum atomic E-state index is 8.85. The van der Waals surface area contributed by atoms with E-state index in [1.54, 1.807) is 0 Å². The molecule has 0 aromatic heterocycles. The Kier molecular flexibility index (Phi) is 12.8. The molecule has 2 N–H and O–H groups in total. The van der Waals surface area contributed by atoms with E-state index in [9.17, 15) is 0 Å². The van der Waals surface area contributed by atoms with E-state index >= 15 is 0 Å². The summed E-state index contributed by atoms with van der Waals surface area (Å²) in [6.07, 6.45) is 0. The molecule has 0 aromatic rings. The Morgan fingerprint density at radius 3 is 1.14 bits per heavy atom. The molecule has 7 heteroatoms. The van der Waals surface area contributed by atoms with Gasteiger partial charge in [0, 0.05) is 21.1 Å². The average Bonchev–Trinajstić information content (AvgIpc) is 0.722. The standard InChI is InChI=1S/GeH4.H2O4Te.W/c;1-5(2,3)4;/h1H4;(H2,1,2,3,4);. The number of hydrogen-bond acceptors (Lipinski definition) is 2. The fourth-order valence-electron chi connectivity index (χ4n) is 0. The van der Waals surface area contributed by atoms with E-state index in [4.69, 9.17) is 13.2 Å². The van der Waals surface area contributed by atoms with Crippen LogP contribution >= 0.6 is 0 Å². The Labute approximate surface area is 70.2 Å². The maximum absolute atomic E-state index is 8.85. The molecular weight excluding hydrogens is 448 g/mol. The van der Waals surface area contributed by atoms with Crippen molar-refractivity contribution < 1.29 is 34.2 Å². The van der Waals surface area contributed by atoms with Gasteiger partial charge in [-0.25, -0.2) is 0 Å². The van der Waals surface area contributed by atoms with Crippen molar-refractivity contribution in [3.8, 4) is 0 Å². The van der Waals surface area contributed by atoms with Gasteiger partial charge in [0.05, 0.1) is 0 Å². The molecule has 0 saturated heterocycles. The molecule has 0 aliphatic heterocycles. The van der Waals surface area contributed by atoms with Crippen LogP contribution in [-0.4, -0.2) is 43.5 Å². The van der Waals surface area contributed by atoms with Gasteiger partial charge in [-0.3, -0.25) is 0 Å². The molecule has 0 radical (unpaired) electrons. The van der Waals surface area contributed by atoms with Crippen LogP contribution in [0.25, 0.3) is 0 Å². The zero-order chi connectivity index (χ0) is 4.50. The molecule has 0 rings (SSSR count). The second-order valence-corrected chi connectivity index (χ2v) is 3.00. The van der Waals surface area contributed by atoms with Gasteiger partial charge >= 0.3 is 49.7 Å². The quantitative estimate of drug-likeness (QED) is 0.379. The van der Waals surface area contributed by atoms with E-state index in [1.807, 2.05) is 0 Å². The molecule has 7 heavy (non-hydrogen) atoms. The van der Waals surface area contributed by atoms with E-state index in [0.29, 0.717) is 0 Å². The van der Waals surface area contributed by atoms with Crippen molar-refractivity contribution in [2.45, 2.75) is 0 Å². The third kappa shape index (κ3) is 97.5. The summed E-state index contributed by atoms with van der Waals surface area (Å²) in [5.41, 5.74) is 0. The summed E-state index contributed by atoms with van der Waals surface area (Å²) in [5.74, 6) is 0. The van der Waals surface area contributed by atoms with Gasteiger partial charge in [0.25, 0.3) is 0 Å². The molecule has 0 aliphatic carbocycles. The second kappa shape index (κ2) is 5.67. The largest absolute Gasteiger partial charge is 0 e. The number of rotatable bonds is 0. The molecular formula is H6GeO4TeW. The topological polar surface area (TPSA) is 74.6 Å².